The van der Waals surface area contributed by atoms with E-state index in [4.69, 9.17) is 10.1 Å². The van der Waals surface area contributed by atoms with Crippen LogP contribution in [0, 0.1) is 5.39 Å². The fourth-order valence-electron chi connectivity index (χ4n) is 0.817. The van der Waals surface area contributed by atoms with Crippen molar-refractivity contribution in [3.63, 3.8) is 0 Å². The highest BCUT2D eigenvalue weighted by molar-refractivity contribution is 5.56. The molecule has 0 radical (unpaired) electrons. The molecular formula is C8H9ClN2O. The molecule has 0 saturated carbocycles. The summed E-state index contributed by atoms with van der Waals surface area (Å²) in [6.45, 7) is 2.46. The second-order valence-electron chi connectivity index (χ2n) is 2.00. The Morgan fingerprint density at radius 3 is 2.67 bits per heavy atom. The summed E-state index contributed by atoms with van der Waals surface area (Å²) in [5.74, 6) is 0.609. The number of ether oxygens (including phenoxy) is 1. The number of hydrogen-bond acceptors (Lipinski definition) is 2. The first-order valence-corrected chi connectivity index (χ1v) is 3.45. The lowest BCUT2D eigenvalue weighted by molar-refractivity contribution is -0.00000303. The van der Waals surface area contributed by atoms with E-state index in [0.29, 0.717) is 18.0 Å². The molecule has 0 aliphatic heterocycles. The van der Waals surface area contributed by atoms with Gasteiger partial charge >= 0.3 is 5.69 Å². The van der Waals surface area contributed by atoms with Crippen molar-refractivity contribution in [3.8, 4) is 5.75 Å². The Bertz CT molecular complexity index is 283. The Morgan fingerprint density at radius 1 is 1.42 bits per heavy atom. The largest absolute Gasteiger partial charge is 1.00 e. The van der Waals surface area contributed by atoms with Crippen LogP contribution in [0.15, 0.2) is 24.3 Å². The number of rotatable bonds is 2. The van der Waals surface area contributed by atoms with Gasteiger partial charge < -0.3 is 17.1 Å². The van der Waals surface area contributed by atoms with E-state index in [1.54, 1.807) is 18.2 Å². The summed E-state index contributed by atoms with van der Waals surface area (Å²) < 4.78 is 5.17. The van der Waals surface area contributed by atoms with Gasteiger partial charge in [-0.3, -0.25) is 0 Å². The number of benzene rings is 1. The lowest BCUT2D eigenvalue weighted by atomic mass is 10.3. The van der Waals surface area contributed by atoms with E-state index in [1.807, 2.05) is 13.0 Å². The van der Waals surface area contributed by atoms with Crippen molar-refractivity contribution < 1.29 is 17.1 Å². The molecule has 0 aromatic heterocycles. The molecule has 3 nitrogen and oxygen atoms in total. The minimum Gasteiger partial charge on any atom is -1.00 e. The smallest absolute Gasteiger partial charge is 0.426 e. The summed E-state index contributed by atoms with van der Waals surface area (Å²) in [5, 5.41) is 8.49. The fourth-order valence-corrected chi connectivity index (χ4v) is 0.817. The van der Waals surface area contributed by atoms with Crippen LogP contribution < -0.4 is 17.1 Å². The van der Waals surface area contributed by atoms with Crippen LogP contribution in [-0.2, 0) is 0 Å². The second kappa shape index (κ2) is 5.39. The highest BCUT2D eigenvalue weighted by Crippen LogP contribution is 2.26. The maximum Gasteiger partial charge on any atom is 0.426 e. The molecule has 0 fully saturated rings. The van der Waals surface area contributed by atoms with Crippen LogP contribution in [0.4, 0.5) is 5.69 Å². The van der Waals surface area contributed by atoms with Gasteiger partial charge in [0, 0.05) is 6.07 Å². The van der Waals surface area contributed by atoms with Crippen LogP contribution in [-0.4, -0.2) is 6.61 Å². The Labute approximate surface area is 77.4 Å². The molecule has 0 saturated heterocycles. The average molecular weight is 185 g/mol. The lowest BCUT2D eigenvalue weighted by Gasteiger charge is -1.96. The highest BCUT2D eigenvalue weighted by atomic mass is 35.5. The molecule has 4 heteroatoms. The summed E-state index contributed by atoms with van der Waals surface area (Å²) in [7, 11) is 0. The zero-order valence-electron chi connectivity index (χ0n) is 6.70. The second-order valence-corrected chi connectivity index (χ2v) is 2.00. The molecule has 0 aliphatic rings. The molecule has 0 atom stereocenters. The van der Waals surface area contributed by atoms with Gasteiger partial charge in [0.15, 0.2) is 4.98 Å². The molecule has 1 aromatic rings. The molecule has 0 N–H and O–H groups in total. The molecule has 64 valence electrons. The summed E-state index contributed by atoms with van der Waals surface area (Å²) in [5.41, 5.74) is 0.467. The topological polar surface area (TPSA) is 37.4 Å². The van der Waals surface area contributed by atoms with E-state index in [2.05, 4.69) is 4.98 Å². The Balaban J connectivity index is 0.00000121. The first-order chi connectivity index (χ1) is 5.38. The van der Waals surface area contributed by atoms with E-state index < -0.39 is 0 Å². The maximum absolute atomic E-state index is 8.49. The van der Waals surface area contributed by atoms with Crippen molar-refractivity contribution in [3.05, 3.63) is 29.2 Å². The van der Waals surface area contributed by atoms with Crippen molar-refractivity contribution >= 4 is 5.69 Å². The summed E-state index contributed by atoms with van der Waals surface area (Å²) in [6, 6.07) is 7.07. The summed E-state index contributed by atoms with van der Waals surface area (Å²) in [6.07, 6.45) is 0. The molecule has 0 amide bonds. The number of halogens is 1. The van der Waals surface area contributed by atoms with Gasteiger partial charge in [-0.05, 0) is 13.0 Å². The number of diazo groups is 1. The van der Waals surface area contributed by atoms with E-state index in [-0.39, 0.29) is 12.4 Å². The predicted molar refractivity (Wildman–Crippen MR) is 42.4 cm³/mol. The first kappa shape index (κ1) is 10.7. The molecule has 0 aliphatic carbocycles. The van der Waals surface area contributed by atoms with Crippen LogP contribution in [0.1, 0.15) is 6.92 Å². The zero-order chi connectivity index (χ0) is 8.10. The van der Waals surface area contributed by atoms with Gasteiger partial charge in [0.1, 0.15) is 0 Å². The van der Waals surface area contributed by atoms with Gasteiger partial charge in [0.05, 0.1) is 6.61 Å². The third-order valence-electron chi connectivity index (χ3n) is 1.27. The third-order valence-corrected chi connectivity index (χ3v) is 1.27. The van der Waals surface area contributed by atoms with E-state index in [1.165, 1.54) is 0 Å². The lowest BCUT2D eigenvalue weighted by Crippen LogP contribution is -3.00. The van der Waals surface area contributed by atoms with E-state index >= 15 is 0 Å². The molecule has 12 heavy (non-hydrogen) atoms. The van der Waals surface area contributed by atoms with E-state index in [9.17, 15) is 0 Å². The van der Waals surface area contributed by atoms with Crippen molar-refractivity contribution in [2.45, 2.75) is 6.92 Å². The van der Waals surface area contributed by atoms with Crippen LogP contribution in [0.25, 0.3) is 4.98 Å². The van der Waals surface area contributed by atoms with Gasteiger partial charge in [-0.15, -0.1) is 0 Å². The average Bonchev–Trinajstić information content (AvgIpc) is 2.06. The molecule has 1 rings (SSSR count). The summed E-state index contributed by atoms with van der Waals surface area (Å²) >= 11 is 0. The first-order valence-electron chi connectivity index (χ1n) is 3.45. The van der Waals surface area contributed by atoms with Crippen LogP contribution in [0.2, 0.25) is 0 Å². The molecule has 0 bridgehead atoms. The number of nitrogens with zero attached hydrogens (tertiary/aromatic N) is 2. The quantitative estimate of drug-likeness (QED) is 0.586. The molecule has 0 spiro atoms. The van der Waals surface area contributed by atoms with Gasteiger partial charge in [-0.2, -0.15) is 0 Å². The standard InChI is InChI=1S/C8H9N2O.ClH/c1-2-11-8-6-4-3-5-7(8)10-9;/h3-6H,2H2,1H3;1H/q+1;/p-1. The van der Waals surface area contributed by atoms with Gasteiger partial charge in [0.25, 0.3) is 0 Å². The summed E-state index contributed by atoms with van der Waals surface area (Å²) in [4.78, 5) is 3.06. The molecule has 0 unspecified atom stereocenters. The minimum absolute atomic E-state index is 0. The third kappa shape index (κ3) is 2.40. The van der Waals surface area contributed by atoms with Crippen molar-refractivity contribution in [1.29, 1.82) is 5.39 Å². The van der Waals surface area contributed by atoms with E-state index in [0.717, 1.165) is 0 Å². The predicted octanol–water partition coefficient (Wildman–Crippen LogP) is -0.426. The van der Waals surface area contributed by atoms with Crippen molar-refractivity contribution in [2.24, 2.45) is 0 Å². The normalized spacial score (nSPS) is 8.00. The SMILES string of the molecule is CCOc1ccccc1[N+]#N.[Cl-]. The Hall–Kier alpha value is -1.27. The van der Waals surface area contributed by atoms with Gasteiger partial charge in [-0.1, -0.05) is 12.1 Å². The van der Waals surface area contributed by atoms with Crippen LogP contribution in [0.3, 0.4) is 0 Å². The fraction of sp³-hybridized carbons (Fsp3) is 0.250. The Morgan fingerprint density at radius 2 is 2.08 bits per heavy atom. The number of hydrogen-bond donors (Lipinski definition) is 0. The maximum atomic E-state index is 8.49. The van der Waals surface area contributed by atoms with Crippen LogP contribution >= 0.6 is 0 Å². The molecule has 0 heterocycles. The van der Waals surface area contributed by atoms with Gasteiger partial charge in [0.2, 0.25) is 11.1 Å². The van der Waals surface area contributed by atoms with Crippen LogP contribution in [0.5, 0.6) is 5.75 Å². The molecular weight excluding hydrogens is 176 g/mol. The number of para-hydroxylation sites is 1. The van der Waals surface area contributed by atoms with Crippen molar-refractivity contribution in [2.75, 3.05) is 6.61 Å². The van der Waals surface area contributed by atoms with Crippen molar-refractivity contribution in [1.82, 2.24) is 0 Å². The Kier molecular flexibility index (Phi) is 4.82. The highest BCUT2D eigenvalue weighted by Gasteiger charge is 2.11. The molecule has 1 aromatic carbocycles. The van der Waals surface area contributed by atoms with Gasteiger partial charge in [-0.25, -0.2) is 0 Å². The monoisotopic (exact) mass is 184 g/mol. The minimum atomic E-state index is 0. The zero-order valence-corrected chi connectivity index (χ0v) is 7.45.